The number of rotatable bonds is 5. The van der Waals surface area contributed by atoms with Gasteiger partial charge in [-0.1, -0.05) is 18.2 Å². The highest BCUT2D eigenvalue weighted by Crippen LogP contribution is 2.18. The van der Waals surface area contributed by atoms with Gasteiger partial charge in [-0.15, -0.1) is 0 Å². The number of benzene rings is 1. The second kappa shape index (κ2) is 7.38. The highest BCUT2D eigenvalue weighted by atomic mass is 19.1. The Balaban J connectivity index is 1.63. The van der Waals surface area contributed by atoms with Crippen molar-refractivity contribution in [1.82, 2.24) is 15.3 Å². The molecule has 5 nitrogen and oxygen atoms in total. The molecule has 3 rings (SSSR count). The minimum absolute atomic E-state index is 0.249. The summed E-state index contributed by atoms with van der Waals surface area (Å²) in [7, 11) is 0. The van der Waals surface area contributed by atoms with Crippen molar-refractivity contribution in [2.75, 3.05) is 24.5 Å². The van der Waals surface area contributed by atoms with E-state index in [0.717, 1.165) is 31.7 Å². The van der Waals surface area contributed by atoms with E-state index in [0.29, 0.717) is 30.0 Å². The molecule has 1 aromatic carbocycles. The zero-order chi connectivity index (χ0) is 16.9. The smallest absolute Gasteiger partial charge is 0.270 e. The zero-order valence-corrected chi connectivity index (χ0v) is 13.8. The van der Waals surface area contributed by atoms with Crippen molar-refractivity contribution in [2.24, 2.45) is 0 Å². The molecule has 2 aromatic rings. The van der Waals surface area contributed by atoms with E-state index >= 15 is 0 Å². The van der Waals surface area contributed by atoms with Gasteiger partial charge in [0.05, 0.1) is 0 Å². The van der Waals surface area contributed by atoms with Crippen molar-refractivity contribution in [2.45, 2.75) is 26.2 Å². The topological polar surface area (TPSA) is 58.1 Å². The molecule has 1 fully saturated rings. The first-order valence-corrected chi connectivity index (χ1v) is 8.26. The number of amides is 1. The maximum atomic E-state index is 13.6. The summed E-state index contributed by atoms with van der Waals surface area (Å²) in [5, 5.41) is 2.81. The Hall–Kier alpha value is -2.50. The van der Waals surface area contributed by atoms with E-state index in [2.05, 4.69) is 20.2 Å². The molecule has 1 N–H and O–H groups in total. The molecule has 0 aliphatic carbocycles. The van der Waals surface area contributed by atoms with E-state index in [9.17, 15) is 9.18 Å². The summed E-state index contributed by atoms with van der Waals surface area (Å²) in [6.07, 6.45) is 2.74. The van der Waals surface area contributed by atoms with Crippen molar-refractivity contribution in [3.05, 3.63) is 53.2 Å². The third-order valence-electron chi connectivity index (χ3n) is 4.12. The van der Waals surface area contributed by atoms with Gasteiger partial charge >= 0.3 is 0 Å². The lowest BCUT2D eigenvalue weighted by Crippen LogP contribution is -2.28. The molecule has 1 aliphatic rings. The number of nitrogens with one attached hydrogen (secondary N) is 1. The van der Waals surface area contributed by atoms with Crippen molar-refractivity contribution in [3.8, 4) is 0 Å². The molecule has 0 radical (unpaired) electrons. The van der Waals surface area contributed by atoms with Crippen LogP contribution in [0.3, 0.4) is 0 Å². The highest BCUT2D eigenvalue weighted by molar-refractivity contribution is 5.92. The highest BCUT2D eigenvalue weighted by Gasteiger charge is 2.17. The van der Waals surface area contributed by atoms with Gasteiger partial charge in [-0.25, -0.2) is 14.4 Å². The van der Waals surface area contributed by atoms with Crippen LogP contribution in [0.4, 0.5) is 10.2 Å². The number of aromatic nitrogens is 2. The molecule has 126 valence electrons. The van der Waals surface area contributed by atoms with Gasteiger partial charge in [0.2, 0.25) is 0 Å². The predicted octanol–water partition coefficient (Wildman–Crippen LogP) is 2.50. The summed E-state index contributed by atoms with van der Waals surface area (Å²) in [4.78, 5) is 23.1. The standard InChI is InChI=1S/C18H21FN4O/c1-13-21-16(12-17(22-13)23-10-4-5-11-23)18(24)20-9-8-14-6-2-3-7-15(14)19/h2-3,6-7,12H,4-5,8-11H2,1H3,(H,20,24). The van der Waals surface area contributed by atoms with Gasteiger partial charge in [0, 0.05) is 25.7 Å². The van der Waals surface area contributed by atoms with Crippen molar-refractivity contribution in [1.29, 1.82) is 0 Å². The van der Waals surface area contributed by atoms with Gasteiger partial charge in [0.25, 0.3) is 5.91 Å². The Morgan fingerprint density at radius 1 is 1.25 bits per heavy atom. The van der Waals surface area contributed by atoms with Crippen LogP contribution in [-0.4, -0.2) is 35.5 Å². The number of hydrogen-bond acceptors (Lipinski definition) is 4. The van der Waals surface area contributed by atoms with Crippen LogP contribution in [0.15, 0.2) is 30.3 Å². The molecule has 0 unspecified atom stereocenters. The number of halogens is 1. The Bertz CT molecular complexity index is 729. The average molecular weight is 328 g/mol. The predicted molar refractivity (Wildman–Crippen MR) is 90.7 cm³/mol. The van der Waals surface area contributed by atoms with Gasteiger partial charge in [-0.05, 0) is 37.8 Å². The first kappa shape index (κ1) is 16.4. The Kier molecular flexibility index (Phi) is 5.03. The molecule has 1 aliphatic heterocycles. The van der Waals surface area contributed by atoms with Crippen molar-refractivity contribution < 1.29 is 9.18 Å². The van der Waals surface area contributed by atoms with E-state index < -0.39 is 0 Å². The largest absolute Gasteiger partial charge is 0.356 e. The fourth-order valence-electron chi connectivity index (χ4n) is 2.88. The summed E-state index contributed by atoms with van der Waals surface area (Å²) in [5.41, 5.74) is 0.951. The number of hydrogen-bond donors (Lipinski definition) is 1. The van der Waals surface area contributed by atoms with Crippen molar-refractivity contribution >= 4 is 11.7 Å². The third kappa shape index (κ3) is 3.88. The van der Waals surface area contributed by atoms with Crippen LogP contribution in [0, 0.1) is 12.7 Å². The molecule has 1 amide bonds. The molecule has 1 saturated heterocycles. The van der Waals surface area contributed by atoms with Gasteiger partial charge in [-0.2, -0.15) is 0 Å². The molecule has 24 heavy (non-hydrogen) atoms. The Labute approximate surface area is 140 Å². The number of anilines is 1. The minimum Gasteiger partial charge on any atom is -0.356 e. The summed E-state index contributed by atoms with van der Waals surface area (Å²) >= 11 is 0. The molecule has 6 heteroatoms. The monoisotopic (exact) mass is 328 g/mol. The molecule has 0 bridgehead atoms. The molecule has 0 atom stereocenters. The van der Waals surface area contributed by atoms with Crippen LogP contribution in [0.1, 0.15) is 34.7 Å². The minimum atomic E-state index is -0.253. The van der Waals surface area contributed by atoms with E-state index in [1.807, 2.05) is 0 Å². The van der Waals surface area contributed by atoms with E-state index in [1.165, 1.54) is 6.07 Å². The van der Waals surface area contributed by atoms with Gasteiger partial charge < -0.3 is 10.2 Å². The fraction of sp³-hybridized carbons (Fsp3) is 0.389. The Morgan fingerprint density at radius 2 is 2.00 bits per heavy atom. The lowest BCUT2D eigenvalue weighted by atomic mass is 10.1. The normalized spacial score (nSPS) is 14.0. The second-order valence-electron chi connectivity index (χ2n) is 5.95. The number of aryl methyl sites for hydroxylation is 1. The zero-order valence-electron chi connectivity index (χ0n) is 13.8. The molecular weight excluding hydrogens is 307 g/mol. The second-order valence-corrected chi connectivity index (χ2v) is 5.95. The van der Waals surface area contributed by atoms with Gasteiger partial charge in [0.15, 0.2) is 0 Å². The molecule has 0 saturated carbocycles. The number of carbonyl (C=O) groups excluding carboxylic acids is 1. The summed E-state index contributed by atoms with van der Waals surface area (Å²) < 4.78 is 13.6. The quantitative estimate of drug-likeness (QED) is 0.916. The average Bonchev–Trinajstić information content (AvgIpc) is 3.10. The van der Waals surface area contributed by atoms with Crippen LogP contribution < -0.4 is 10.2 Å². The third-order valence-corrected chi connectivity index (χ3v) is 4.12. The number of carbonyl (C=O) groups is 1. The van der Waals surface area contributed by atoms with E-state index in [4.69, 9.17) is 0 Å². The van der Waals surface area contributed by atoms with Crippen LogP contribution in [-0.2, 0) is 6.42 Å². The maximum Gasteiger partial charge on any atom is 0.270 e. The lowest BCUT2D eigenvalue weighted by molar-refractivity contribution is 0.0948. The summed E-state index contributed by atoms with van der Waals surface area (Å²) in [6.45, 7) is 4.08. The van der Waals surface area contributed by atoms with E-state index in [1.54, 1.807) is 31.2 Å². The summed E-state index contributed by atoms with van der Waals surface area (Å²) in [5.74, 6) is 0.885. The molecule has 2 heterocycles. The summed E-state index contributed by atoms with van der Waals surface area (Å²) in [6, 6.07) is 8.32. The van der Waals surface area contributed by atoms with Gasteiger partial charge in [-0.3, -0.25) is 4.79 Å². The van der Waals surface area contributed by atoms with Crippen molar-refractivity contribution in [3.63, 3.8) is 0 Å². The maximum absolute atomic E-state index is 13.6. The van der Waals surface area contributed by atoms with Crippen LogP contribution in [0.25, 0.3) is 0 Å². The molecule has 1 aromatic heterocycles. The van der Waals surface area contributed by atoms with Crippen LogP contribution in [0.5, 0.6) is 0 Å². The first-order valence-electron chi connectivity index (χ1n) is 8.26. The van der Waals surface area contributed by atoms with Crippen LogP contribution in [0.2, 0.25) is 0 Å². The SMILES string of the molecule is Cc1nc(C(=O)NCCc2ccccc2F)cc(N2CCCC2)n1. The van der Waals surface area contributed by atoms with E-state index in [-0.39, 0.29) is 11.7 Å². The van der Waals surface area contributed by atoms with Gasteiger partial charge in [0.1, 0.15) is 23.2 Å². The fourth-order valence-corrected chi connectivity index (χ4v) is 2.88. The number of nitrogens with zero attached hydrogens (tertiary/aromatic N) is 3. The Morgan fingerprint density at radius 3 is 2.75 bits per heavy atom. The molecular formula is C18H21FN4O. The first-order chi connectivity index (χ1) is 11.6. The lowest BCUT2D eigenvalue weighted by Gasteiger charge is -2.17. The molecule has 0 spiro atoms. The van der Waals surface area contributed by atoms with Crippen LogP contribution >= 0.6 is 0 Å².